The Kier molecular flexibility index (Phi) is 7.07. The van der Waals surface area contributed by atoms with E-state index in [1.54, 1.807) is 6.92 Å². The number of rotatable bonds is 8. The Hall–Kier alpha value is -2.49. The van der Waals surface area contributed by atoms with Gasteiger partial charge >= 0.3 is 0 Å². The average molecular weight is 355 g/mol. The molecule has 2 rings (SSSR count). The largest absolute Gasteiger partial charge is 0.494 e. The number of hydrogen-bond donors (Lipinski definition) is 1. The maximum Gasteiger partial charge on any atom is 0.261 e. The lowest BCUT2D eigenvalue weighted by Gasteiger charge is -2.19. The fourth-order valence-electron chi connectivity index (χ4n) is 2.67. The number of carbonyl (C=O) groups excluding carboxylic acids is 1. The minimum absolute atomic E-state index is 0.130. The van der Waals surface area contributed by atoms with Crippen molar-refractivity contribution in [1.29, 1.82) is 0 Å². The first-order valence-electron chi connectivity index (χ1n) is 9.17. The van der Waals surface area contributed by atoms with Crippen LogP contribution in [0.2, 0.25) is 0 Å². The molecule has 140 valence electrons. The van der Waals surface area contributed by atoms with Gasteiger partial charge < -0.3 is 14.8 Å². The predicted octanol–water partition coefficient (Wildman–Crippen LogP) is 4.60. The average Bonchev–Trinajstić information content (AvgIpc) is 2.61. The highest BCUT2D eigenvalue weighted by Gasteiger charge is 2.17. The Morgan fingerprint density at radius 1 is 1.08 bits per heavy atom. The molecule has 0 fully saturated rings. The van der Waals surface area contributed by atoms with Crippen molar-refractivity contribution in [2.45, 2.75) is 53.2 Å². The van der Waals surface area contributed by atoms with Gasteiger partial charge in [0.25, 0.3) is 5.91 Å². The van der Waals surface area contributed by atoms with Crippen molar-refractivity contribution in [2.75, 3.05) is 6.61 Å². The lowest BCUT2D eigenvalue weighted by molar-refractivity contribution is -0.127. The fraction of sp³-hybridized carbons (Fsp3) is 0.409. The minimum atomic E-state index is -0.558. The van der Waals surface area contributed by atoms with Crippen LogP contribution >= 0.6 is 0 Å². The molecule has 2 aromatic rings. The summed E-state index contributed by atoms with van der Waals surface area (Å²) in [6.45, 7) is 11.1. The molecule has 26 heavy (non-hydrogen) atoms. The Labute approximate surface area is 156 Å². The van der Waals surface area contributed by atoms with Crippen LogP contribution in [0.1, 0.15) is 50.3 Å². The lowest BCUT2D eigenvalue weighted by atomic mass is 10.0. The topological polar surface area (TPSA) is 47.6 Å². The molecule has 0 radical (unpaired) electrons. The molecule has 0 bridgehead atoms. The quantitative estimate of drug-likeness (QED) is 0.753. The van der Waals surface area contributed by atoms with Gasteiger partial charge in [0.05, 0.1) is 6.61 Å². The van der Waals surface area contributed by atoms with Crippen molar-refractivity contribution in [1.82, 2.24) is 5.32 Å². The van der Waals surface area contributed by atoms with E-state index in [0.29, 0.717) is 19.1 Å². The Bertz CT molecular complexity index is 723. The van der Waals surface area contributed by atoms with E-state index in [1.165, 1.54) is 0 Å². The number of carbonyl (C=O) groups is 1. The zero-order valence-electron chi connectivity index (χ0n) is 16.3. The molecule has 0 aromatic heterocycles. The number of aryl methyl sites for hydroxylation is 1. The summed E-state index contributed by atoms with van der Waals surface area (Å²) in [5.41, 5.74) is 3.25. The fourth-order valence-corrected chi connectivity index (χ4v) is 2.67. The van der Waals surface area contributed by atoms with Crippen molar-refractivity contribution in [3.8, 4) is 11.5 Å². The molecule has 0 aliphatic carbocycles. The number of benzene rings is 2. The highest BCUT2D eigenvalue weighted by Crippen LogP contribution is 2.28. The molecule has 1 N–H and O–H groups in total. The van der Waals surface area contributed by atoms with E-state index in [9.17, 15) is 4.79 Å². The van der Waals surface area contributed by atoms with Gasteiger partial charge in [-0.05, 0) is 61.6 Å². The van der Waals surface area contributed by atoms with Crippen molar-refractivity contribution in [3.63, 3.8) is 0 Å². The molecule has 0 aliphatic rings. The van der Waals surface area contributed by atoms with Crippen LogP contribution in [0, 0.1) is 6.92 Å². The second-order valence-corrected chi connectivity index (χ2v) is 6.75. The van der Waals surface area contributed by atoms with E-state index in [4.69, 9.17) is 9.47 Å². The zero-order chi connectivity index (χ0) is 19.1. The molecule has 4 nitrogen and oxygen atoms in total. The van der Waals surface area contributed by atoms with E-state index in [-0.39, 0.29) is 5.91 Å². The van der Waals surface area contributed by atoms with Crippen LogP contribution in [-0.4, -0.2) is 18.6 Å². The van der Waals surface area contributed by atoms with Crippen LogP contribution in [0.15, 0.2) is 42.5 Å². The maximum absolute atomic E-state index is 12.4. The Balaban J connectivity index is 1.94. The van der Waals surface area contributed by atoms with Crippen LogP contribution in [-0.2, 0) is 11.3 Å². The molecular formula is C22H29NO3. The van der Waals surface area contributed by atoms with Gasteiger partial charge in [-0.1, -0.05) is 38.1 Å². The van der Waals surface area contributed by atoms with Gasteiger partial charge in [-0.3, -0.25) is 4.79 Å². The summed E-state index contributed by atoms with van der Waals surface area (Å²) in [4.78, 5) is 12.4. The number of nitrogens with one attached hydrogen (secondary N) is 1. The van der Waals surface area contributed by atoms with Gasteiger partial charge in [-0.15, -0.1) is 0 Å². The molecular weight excluding hydrogens is 326 g/mol. The van der Waals surface area contributed by atoms with Gasteiger partial charge in [0, 0.05) is 6.54 Å². The summed E-state index contributed by atoms with van der Waals surface area (Å²) in [5.74, 6) is 1.82. The molecule has 0 unspecified atom stereocenters. The zero-order valence-corrected chi connectivity index (χ0v) is 16.3. The number of amides is 1. The summed E-state index contributed by atoms with van der Waals surface area (Å²) < 4.78 is 11.4. The third-order valence-electron chi connectivity index (χ3n) is 4.17. The first kappa shape index (κ1) is 19.8. The molecule has 0 spiro atoms. The molecule has 0 saturated carbocycles. The van der Waals surface area contributed by atoms with Crippen molar-refractivity contribution >= 4 is 5.91 Å². The van der Waals surface area contributed by atoms with Gasteiger partial charge in [-0.25, -0.2) is 0 Å². The predicted molar refractivity (Wildman–Crippen MR) is 105 cm³/mol. The standard InChI is InChI=1S/C22H29NO3/c1-6-25-19-10-8-18(9-11-19)14-23-22(24)17(5)26-21-13-16(4)7-12-20(21)15(2)3/h7-13,15,17H,6,14H2,1-5H3,(H,23,24)/t17-/m1/s1. The van der Waals surface area contributed by atoms with Gasteiger partial charge in [-0.2, -0.15) is 0 Å². The summed E-state index contributed by atoms with van der Waals surface area (Å²) in [5, 5.41) is 2.93. The lowest BCUT2D eigenvalue weighted by Crippen LogP contribution is -2.36. The van der Waals surface area contributed by atoms with E-state index < -0.39 is 6.10 Å². The van der Waals surface area contributed by atoms with Crippen LogP contribution in [0.5, 0.6) is 11.5 Å². The first-order valence-corrected chi connectivity index (χ1v) is 9.17. The van der Waals surface area contributed by atoms with Crippen LogP contribution in [0.25, 0.3) is 0 Å². The van der Waals surface area contributed by atoms with E-state index in [0.717, 1.165) is 28.2 Å². The monoisotopic (exact) mass is 355 g/mol. The molecule has 0 heterocycles. The third-order valence-corrected chi connectivity index (χ3v) is 4.17. The minimum Gasteiger partial charge on any atom is -0.494 e. The third kappa shape index (κ3) is 5.51. The highest BCUT2D eigenvalue weighted by molar-refractivity contribution is 5.80. The maximum atomic E-state index is 12.4. The van der Waals surface area contributed by atoms with Crippen LogP contribution in [0.3, 0.4) is 0 Å². The molecule has 2 aromatic carbocycles. The van der Waals surface area contributed by atoms with E-state index in [2.05, 4.69) is 31.3 Å². The van der Waals surface area contributed by atoms with Crippen molar-refractivity contribution in [3.05, 3.63) is 59.2 Å². The Morgan fingerprint density at radius 2 is 1.77 bits per heavy atom. The normalized spacial score (nSPS) is 11.9. The Morgan fingerprint density at radius 3 is 2.38 bits per heavy atom. The second-order valence-electron chi connectivity index (χ2n) is 6.75. The first-order chi connectivity index (χ1) is 12.4. The number of hydrogen-bond acceptors (Lipinski definition) is 3. The molecule has 4 heteroatoms. The summed E-state index contributed by atoms with van der Waals surface area (Å²) in [6, 6.07) is 13.9. The molecule has 0 saturated heterocycles. The smallest absolute Gasteiger partial charge is 0.261 e. The van der Waals surface area contributed by atoms with Gasteiger partial charge in [0.1, 0.15) is 11.5 Å². The highest BCUT2D eigenvalue weighted by atomic mass is 16.5. The van der Waals surface area contributed by atoms with Crippen molar-refractivity contribution in [2.24, 2.45) is 0 Å². The van der Waals surface area contributed by atoms with Crippen molar-refractivity contribution < 1.29 is 14.3 Å². The van der Waals surface area contributed by atoms with Gasteiger partial charge in [0.2, 0.25) is 0 Å². The summed E-state index contributed by atoms with van der Waals surface area (Å²) in [7, 11) is 0. The molecule has 1 atom stereocenters. The number of ether oxygens (including phenoxy) is 2. The van der Waals surface area contributed by atoms with Crippen LogP contribution < -0.4 is 14.8 Å². The van der Waals surface area contributed by atoms with E-state index >= 15 is 0 Å². The summed E-state index contributed by atoms with van der Waals surface area (Å²) >= 11 is 0. The van der Waals surface area contributed by atoms with E-state index in [1.807, 2.05) is 44.2 Å². The molecule has 0 aliphatic heterocycles. The van der Waals surface area contributed by atoms with Crippen LogP contribution in [0.4, 0.5) is 0 Å². The summed E-state index contributed by atoms with van der Waals surface area (Å²) in [6.07, 6.45) is -0.558. The SMILES string of the molecule is CCOc1ccc(CNC(=O)[C@@H](C)Oc2cc(C)ccc2C(C)C)cc1. The molecule has 1 amide bonds. The van der Waals surface area contributed by atoms with Gasteiger partial charge in [0.15, 0.2) is 6.10 Å². The second kappa shape index (κ2) is 9.27.